The molecule has 1 amide bonds. The van der Waals surface area contributed by atoms with Crippen molar-refractivity contribution in [2.24, 2.45) is 0 Å². The molecule has 0 atom stereocenters. The third-order valence-corrected chi connectivity index (χ3v) is 3.80. The van der Waals surface area contributed by atoms with Gasteiger partial charge < -0.3 is 15.4 Å². The minimum absolute atomic E-state index is 0.00348. The first-order chi connectivity index (χ1) is 10.9. The monoisotopic (exact) mass is 375 g/mol. The molecule has 122 valence electrons. The number of amides is 1. The molecule has 0 unspecified atom stereocenters. The van der Waals surface area contributed by atoms with E-state index in [-0.39, 0.29) is 31.9 Å². The van der Waals surface area contributed by atoms with E-state index in [1.54, 1.807) is 13.0 Å². The van der Waals surface area contributed by atoms with Crippen molar-refractivity contribution in [1.29, 1.82) is 5.26 Å². The number of hydrogen-bond donors (Lipinski definition) is 2. The SMILES string of the molecule is CCNC(=O)c1c(Cl)c(Cl)cc(NC=C(C#N)C(=O)OC)c1Cl. The van der Waals surface area contributed by atoms with Crippen LogP contribution in [0.25, 0.3) is 0 Å². The molecule has 0 aliphatic carbocycles. The Hall–Kier alpha value is -1.94. The van der Waals surface area contributed by atoms with E-state index in [1.807, 2.05) is 0 Å². The molecule has 1 aromatic carbocycles. The fourth-order valence-corrected chi connectivity index (χ4v) is 2.33. The van der Waals surface area contributed by atoms with Crippen LogP contribution in [0.15, 0.2) is 17.8 Å². The Balaban J connectivity index is 3.29. The summed E-state index contributed by atoms with van der Waals surface area (Å²) in [6.07, 6.45) is 1.10. The van der Waals surface area contributed by atoms with Gasteiger partial charge in [-0.25, -0.2) is 4.79 Å². The topological polar surface area (TPSA) is 91.2 Å². The van der Waals surface area contributed by atoms with Gasteiger partial charge in [0.25, 0.3) is 5.91 Å². The molecule has 1 rings (SSSR count). The van der Waals surface area contributed by atoms with E-state index in [0.717, 1.165) is 13.3 Å². The first-order valence-electron chi connectivity index (χ1n) is 6.28. The fourth-order valence-electron chi connectivity index (χ4n) is 1.55. The Morgan fingerprint density at radius 1 is 1.35 bits per heavy atom. The fraction of sp³-hybridized carbons (Fsp3) is 0.214. The number of halogens is 3. The summed E-state index contributed by atoms with van der Waals surface area (Å²) in [7, 11) is 1.15. The normalized spacial score (nSPS) is 10.7. The summed E-state index contributed by atoms with van der Waals surface area (Å²) in [5.41, 5.74) is -0.0802. The van der Waals surface area contributed by atoms with E-state index in [9.17, 15) is 9.59 Å². The number of benzene rings is 1. The van der Waals surface area contributed by atoms with E-state index in [2.05, 4.69) is 15.4 Å². The number of hydrogen-bond acceptors (Lipinski definition) is 5. The van der Waals surface area contributed by atoms with Crippen molar-refractivity contribution in [3.8, 4) is 6.07 Å². The molecule has 2 N–H and O–H groups in total. The highest BCUT2D eigenvalue weighted by Crippen LogP contribution is 2.37. The van der Waals surface area contributed by atoms with Crippen molar-refractivity contribution >= 4 is 52.4 Å². The summed E-state index contributed by atoms with van der Waals surface area (Å²) < 4.78 is 4.44. The Morgan fingerprint density at radius 3 is 2.52 bits per heavy atom. The third kappa shape index (κ3) is 4.52. The van der Waals surface area contributed by atoms with Gasteiger partial charge in [0.15, 0.2) is 5.57 Å². The number of esters is 1. The number of nitrogens with one attached hydrogen (secondary N) is 2. The number of carbonyl (C=O) groups is 2. The lowest BCUT2D eigenvalue weighted by molar-refractivity contribution is -0.135. The van der Waals surface area contributed by atoms with E-state index >= 15 is 0 Å². The van der Waals surface area contributed by atoms with Crippen molar-refractivity contribution in [2.45, 2.75) is 6.92 Å². The number of ether oxygens (including phenoxy) is 1. The Labute approximate surface area is 148 Å². The minimum atomic E-state index is -0.819. The molecule has 0 fully saturated rings. The van der Waals surface area contributed by atoms with E-state index < -0.39 is 11.9 Å². The molecule has 0 bridgehead atoms. The molecular weight excluding hydrogens is 365 g/mol. The van der Waals surface area contributed by atoms with Crippen LogP contribution in [0.4, 0.5) is 5.69 Å². The molecule has 0 aliphatic rings. The highest BCUT2D eigenvalue weighted by molar-refractivity contribution is 6.47. The predicted octanol–water partition coefficient (Wildman–Crippen LogP) is 3.39. The number of nitriles is 1. The second kappa shape index (κ2) is 8.63. The average molecular weight is 377 g/mol. The van der Waals surface area contributed by atoms with Gasteiger partial charge in [0.1, 0.15) is 6.07 Å². The smallest absolute Gasteiger partial charge is 0.350 e. The Kier molecular flexibility index (Phi) is 7.17. The van der Waals surface area contributed by atoms with Crippen LogP contribution in [0.3, 0.4) is 0 Å². The van der Waals surface area contributed by atoms with Gasteiger partial charge in [-0.2, -0.15) is 5.26 Å². The van der Waals surface area contributed by atoms with Gasteiger partial charge in [0, 0.05) is 12.7 Å². The van der Waals surface area contributed by atoms with Crippen LogP contribution < -0.4 is 10.6 Å². The molecule has 9 heteroatoms. The molecular formula is C14H12Cl3N3O3. The van der Waals surface area contributed by atoms with Crippen LogP contribution in [0.5, 0.6) is 0 Å². The van der Waals surface area contributed by atoms with Crippen LogP contribution in [0.1, 0.15) is 17.3 Å². The van der Waals surface area contributed by atoms with E-state index in [0.29, 0.717) is 6.54 Å². The first-order valence-corrected chi connectivity index (χ1v) is 7.41. The van der Waals surface area contributed by atoms with Crippen molar-refractivity contribution in [3.63, 3.8) is 0 Å². The van der Waals surface area contributed by atoms with Crippen LogP contribution in [-0.4, -0.2) is 25.5 Å². The van der Waals surface area contributed by atoms with Crippen molar-refractivity contribution < 1.29 is 14.3 Å². The van der Waals surface area contributed by atoms with Gasteiger partial charge >= 0.3 is 5.97 Å². The summed E-state index contributed by atoms with van der Waals surface area (Å²) >= 11 is 18.2. The van der Waals surface area contributed by atoms with Gasteiger partial charge in [0.05, 0.1) is 33.4 Å². The maximum absolute atomic E-state index is 12.0. The molecule has 0 spiro atoms. The maximum atomic E-state index is 12.0. The van der Waals surface area contributed by atoms with Gasteiger partial charge in [-0.1, -0.05) is 34.8 Å². The van der Waals surface area contributed by atoms with Crippen molar-refractivity contribution in [2.75, 3.05) is 19.0 Å². The summed E-state index contributed by atoms with van der Waals surface area (Å²) in [4.78, 5) is 23.4. The van der Waals surface area contributed by atoms with Crippen molar-refractivity contribution in [3.05, 3.63) is 38.5 Å². The molecule has 0 saturated carbocycles. The van der Waals surface area contributed by atoms with Crippen LogP contribution in [0, 0.1) is 11.3 Å². The summed E-state index contributed by atoms with van der Waals surface area (Å²) in [5, 5.41) is 14.2. The third-order valence-electron chi connectivity index (χ3n) is 2.62. The quantitative estimate of drug-likeness (QED) is 0.356. The molecule has 0 aromatic heterocycles. The molecule has 0 saturated heterocycles. The number of anilines is 1. The number of rotatable bonds is 5. The molecule has 1 aromatic rings. The Morgan fingerprint density at radius 2 is 2.00 bits per heavy atom. The summed E-state index contributed by atoms with van der Waals surface area (Å²) in [6, 6.07) is 3.04. The highest BCUT2D eigenvalue weighted by atomic mass is 35.5. The van der Waals surface area contributed by atoms with Crippen molar-refractivity contribution in [1.82, 2.24) is 5.32 Å². The van der Waals surface area contributed by atoms with Gasteiger partial charge in [-0.3, -0.25) is 4.79 Å². The Bertz CT molecular complexity index is 711. The minimum Gasteiger partial charge on any atom is -0.465 e. The second-order valence-corrected chi connectivity index (χ2v) is 5.24. The molecule has 0 aliphatic heterocycles. The largest absolute Gasteiger partial charge is 0.465 e. The average Bonchev–Trinajstić information content (AvgIpc) is 2.52. The number of carbonyl (C=O) groups excluding carboxylic acids is 2. The zero-order valence-electron chi connectivity index (χ0n) is 12.2. The van der Waals surface area contributed by atoms with E-state index in [1.165, 1.54) is 6.07 Å². The van der Waals surface area contributed by atoms with Gasteiger partial charge in [0.2, 0.25) is 0 Å². The lowest BCUT2D eigenvalue weighted by Gasteiger charge is -2.13. The molecule has 0 heterocycles. The maximum Gasteiger partial charge on any atom is 0.350 e. The number of methoxy groups -OCH3 is 1. The van der Waals surface area contributed by atoms with Crippen LogP contribution in [0.2, 0.25) is 15.1 Å². The standard InChI is InChI=1S/C14H12Cl3N3O3/c1-3-19-13(21)10-11(16)8(15)4-9(12(10)17)20-6-7(5-18)14(22)23-2/h4,6,20H,3H2,1-2H3,(H,19,21). The summed E-state index contributed by atoms with van der Waals surface area (Å²) in [5.74, 6) is -1.31. The number of nitrogens with zero attached hydrogens (tertiary/aromatic N) is 1. The zero-order chi connectivity index (χ0) is 17.6. The lowest BCUT2D eigenvalue weighted by atomic mass is 10.1. The lowest BCUT2D eigenvalue weighted by Crippen LogP contribution is -2.23. The predicted molar refractivity (Wildman–Crippen MR) is 88.8 cm³/mol. The van der Waals surface area contributed by atoms with Gasteiger partial charge in [-0.15, -0.1) is 0 Å². The molecule has 23 heavy (non-hydrogen) atoms. The van der Waals surface area contributed by atoms with Crippen LogP contribution in [-0.2, 0) is 9.53 Å². The molecule has 6 nitrogen and oxygen atoms in total. The van der Waals surface area contributed by atoms with Crippen LogP contribution >= 0.6 is 34.8 Å². The summed E-state index contributed by atoms with van der Waals surface area (Å²) in [6.45, 7) is 2.11. The second-order valence-electron chi connectivity index (χ2n) is 4.07. The zero-order valence-corrected chi connectivity index (χ0v) is 14.4. The molecule has 0 radical (unpaired) electrons. The highest BCUT2D eigenvalue weighted by Gasteiger charge is 2.20. The first kappa shape index (κ1) is 19.1. The van der Waals surface area contributed by atoms with Gasteiger partial charge in [-0.05, 0) is 13.0 Å². The van der Waals surface area contributed by atoms with E-state index in [4.69, 9.17) is 40.1 Å².